The molecule has 3 heteroatoms. The van der Waals surface area contributed by atoms with E-state index in [9.17, 15) is 4.79 Å². The molecule has 0 spiro atoms. The molecule has 0 aromatic rings. The molecule has 5 atom stereocenters. The highest BCUT2D eigenvalue weighted by atomic mass is 79.9. The summed E-state index contributed by atoms with van der Waals surface area (Å²) in [6, 6.07) is 0. The SMILES string of the molecule is C=C(C)C1CC2(CBr)C(C)CCCC2C(=O)C1OC. The van der Waals surface area contributed by atoms with Gasteiger partial charge in [-0.2, -0.15) is 0 Å². The molecular weight excluding hydrogens is 304 g/mol. The van der Waals surface area contributed by atoms with Crippen LogP contribution in [0.2, 0.25) is 0 Å². The normalized spacial score (nSPS) is 42.8. The standard InChI is InChI=1S/C16H25BrO2/c1-10(2)12-8-16(9-17)11(3)6-5-7-13(16)14(18)15(12)19-4/h11-13,15H,1,5-9H2,2-4H3. The molecule has 108 valence electrons. The molecule has 0 bridgehead atoms. The second-order valence-electron chi connectivity index (χ2n) is 6.47. The van der Waals surface area contributed by atoms with Gasteiger partial charge in [0.1, 0.15) is 6.10 Å². The predicted octanol–water partition coefficient (Wildman–Crippen LogP) is 3.98. The molecule has 0 heterocycles. The fourth-order valence-electron chi connectivity index (χ4n) is 4.22. The molecule has 2 aliphatic carbocycles. The second-order valence-corrected chi connectivity index (χ2v) is 7.03. The molecule has 2 fully saturated rings. The highest BCUT2D eigenvalue weighted by Gasteiger charge is 2.55. The van der Waals surface area contributed by atoms with Crippen LogP contribution in [0.15, 0.2) is 12.2 Å². The molecule has 2 nitrogen and oxygen atoms in total. The number of ketones is 1. The van der Waals surface area contributed by atoms with E-state index in [0.29, 0.717) is 11.7 Å². The zero-order valence-electron chi connectivity index (χ0n) is 12.2. The molecule has 0 aliphatic heterocycles. The molecule has 5 unspecified atom stereocenters. The Bertz CT molecular complexity index is 379. The van der Waals surface area contributed by atoms with Gasteiger partial charge in [-0.3, -0.25) is 4.79 Å². The zero-order valence-corrected chi connectivity index (χ0v) is 13.8. The summed E-state index contributed by atoms with van der Waals surface area (Å²) >= 11 is 3.71. The van der Waals surface area contributed by atoms with Crippen LogP contribution in [0, 0.1) is 23.2 Å². The molecule has 0 saturated heterocycles. The van der Waals surface area contributed by atoms with Crippen LogP contribution in [-0.4, -0.2) is 24.3 Å². The zero-order chi connectivity index (χ0) is 14.2. The molecule has 0 aromatic heterocycles. The van der Waals surface area contributed by atoms with Crippen LogP contribution in [0.4, 0.5) is 0 Å². The van der Waals surface area contributed by atoms with Crippen LogP contribution in [0.25, 0.3) is 0 Å². The second kappa shape index (κ2) is 5.69. The number of hydrogen-bond acceptors (Lipinski definition) is 2. The van der Waals surface area contributed by atoms with E-state index in [1.54, 1.807) is 7.11 Å². The molecule has 19 heavy (non-hydrogen) atoms. The Morgan fingerprint density at radius 1 is 1.53 bits per heavy atom. The van der Waals surface area contributed by atoms with E-state index in [0.717, 1.165) is 23.7 Å². The first-order valence-electron chi connectivity index (χ1n) is 7.25. The van der Waals surface area contributed by atoms with Crippen molar-refractivity contribution < 1.29 is 9.53 Å². The fraction of sp³-hybridized carbons (Fsp3) is 0.812. The Hall–Kier alpha value is -0.150. The third kappa shape index (κ3) is 2.33. The maximum Gasteiger partial charge on any atom is 0.165 e. The van der Waals surface area contributed by atoms with Gasteiger partial charge < -0.3 is 4.74 Å². The molecule has 2 saturated carbocycles. The van der Waals surface area contributed by atoms with Crippen molar-refractivity contribution in [3.63, 3.8) is 0 Å². The maximum atomic E-state index is 12.8. The van der Waals surface area contributed by atoms with Crippen molar-refractivity contribution in [1.82, 2.24) is 0 Å². The molecule has 0 aromatic carbocycles. The number of alkyl halides is 1. The van der Waals surface area contributed by atoms with Crippen LogP contribution in [0.5, 0.6) is 0 Å². The highest BCUT2D eigenvalue weighted by Crippen LogP contribution is 2.55. The Labute approximate surface area is 125 Å². The van der Waals surface area contributed by atoms with Crippen molar-refractivity contribution in [3.8, 4) is 0 Å². The van der Waals surface area contributed by atoms with Crippen molar-refractivity contribution in [3.05, 3.63) is 12.2 Å². The van der Waals surface area contributed by atoms with E-state index >= 15 is 0 Å². The van der Waals surface area contributed by atoms with Crippen LogP contribution < -0.4 is 0 Å². The van der Waals surface area contributed by atoms with Gasteiger partial charge in [0, 0.05) is 24.3 Å². The lowest BCUT2D eigenvalue weighted by Gasteiger charge is -2.54. The summed E-state index contributed by atoms with van der Waals surface area (Å²) in [6.07, 6.45) is 4.18. The summed E-state index contributed by atoms with van der Waals surface area (Å²) in [5.41, 5.74) is 1.19. The Morgan fingerprint density at radius 3 is 2.74 bits per heavy atom. The number of Topliss-reactive ketones (excluding diaryl/α,β-unsaturated/α-hetero) is 1. The Balaban J connectivity index is 2.40. The van der Waals surface area contributed by atoms with Crippen LogP contribution in [-0.2, 0) is 9.53 Å². The summed E-state index contributed by atoms with van der Waals surface area (Å²) in [5.74, 6) is 1.24. The van der Waals surface area contributed by atoms with Gasteiger partial charge in [-0.25, -0.2) is 0 Å². The molecule has 2 aliphatic rings. The maximum absolute atomic E-state index is 12.8. The third-order valence-corrected chi connectivity index (χ3v) is 6.57. The Morgan fingerprint density at radius 2 is 2.21 bits per heavy atom. The van der Waals surface area contributed by atoms with E-state index in [4.69, 9.17) is 4.74 Å². The summed E-state index contributed by atoms with van der Waals surface area (Å²) in [4.78, 5) is 12.8. The van der Waals surface area contributed by atoms with Crippen LogP contribution in [0.1, 0.15) is 39.5 Å². The van der Waals surface area contributed by atoms with E-state index < -0.39 is 0 Å². The van der Waals surface area contributed by atoms with Gasteiger partial charge in [-0.15, -0.1) is 0 Å². The van der Waals surface area contributed by atoms with Crippen LogP contribution >= 0.6 is 15.9 Å². The van der Waals surface area contributed by atoms with Gasteiger partial charge in [0.05, 0.1) is 0 Å². The first-order chi connectivity index (χ1) is 8.97. The van der Waals surface area contributed by atoms with Crippen LogP contribution in [0.3, 0.4) is 0 Å². The Kier molecular flexibility index (Phi) is 4.56. The molecular formula is C16H25BrO2. The lowest BCUT2D eigenvalue weighted by atomic mass is 9.52. The number of rotatable bonds is 3. The average Bonchev–Trinajstić information content (AvgIpc) is 2.39. The van der Waals surface area contributed by atoms with Gasteiger partial charge in [-0.05, 0) is 31.1 Å². The number of hydrogen-bond donors (Lipinski definition) is 0. The first-order valence-corrected chi connectivity index (χ1v) is 8.38. The summed E-state index contributed by atoms with van der Waals surface area (Å²) in [7, 11) is 1.66. The number of carbonyl (C=O) groups excluding carboxylic acids is 1. The average molecular weight is 329 g/mol. The topological polar surface area (TPSA) is 26.3 Å². The highest BCUT2D eigenvalue weighted by molar-refractivity contribution is 9.09. The van der Waals surface area contributed by atoms with Gasteiger partial charge in [0.2, 0.25) is 0 Å². The fourth-order valence-corrected chi connectivity index (χ4v) is 5.39. The minimum absolute atomic E-state index is 0.105. The molecule has 0 N–H and O–H groups in total. The van der Waals surface area contributed by atoms with Crippen molar-refractivity contribution in [2.75, 3.05) is 12.4 Å². The van der Waals surface area contributed by atoms with Gasteiger partial charge in [0.25, 0.3) is 0 Å². The number of ether oxygens (including phenoxy) is 1. The van der Waals surface area contributed by atoms with Crippen molar-refractivity contribution in [2.45, 2.75) is 45.6 Å². The molecule has 0 amide bonds. The molecule has 0 radical (unpaired) electrons. The van der Waals surface area contributed by atoms with Gasteiger partial charge >= 0.3 is 0 Å². The third-order valence-electron chi connectivity index (χ3n) is 5.53. The number of halogens is 1. The quantitative estimate of drug-likeness (QED) is 0.578. The predicted molar refractivity (Wildman–Crippen MR) is 81.5 cm³/mol. The van der Waals surface area contributed by atoms with Crippen molar-refractivity contribution in [2.24, 2.45) is 23.2 Å². The van der Waals surface area contributed by atoms with E-state index in [-0.39, 0.29) is 23.4 Å². The number of carbonyl (C=O) groups is 1. The summed E-state index contributed by atoms with van der Waals surface area (Å²) < 4.78 is 5.53. The van der Waals surface area contributed by atoms with Crippen molar-refractivity contribution in [1.29, 1.82) is 0 Å². The number of fused-ring (bicyclic) bond motifs is 1. The van der Waals surface area contributed by atoms with E-state index in [1.165, 1.54) is 12.8 Å². The number of methoxy groups -OCH3 is 1. The lowest BCUT2D eigenvalue weighted by Crippen LogP contribution is -2.56. The lowest BCUT2D eigenvalue weighted by molar-refractivity contribution is -0.153. The molecule has 2 rings (SSSR count). The largest absolute Gasteiger partial charge is 0.373 e. The first kappa shape index (κ1) is 15.2. The van der Waals surface area contributed by atoms with E-state index in [1.807, 2.05) is 6.92 Å². The minimum Gasteiger partial charge on any atom is -0.373 e. The van der Waals surface area contributed by atoms with Gasteiger partial charge in [0.15, 0.2) is 5.78 Å². The smallest absolute Gasteiger partial charge is 0.165 e. The summed E-state index contributed by atoms with van der Waals surface area (Å²) in [6.45, 7) is 8.43. The monoisotopic (exact) mass is 328 g/mol. The summed E-state index contributed by atoms with van der Waals surface area (Å²) in [5, 5.41) is 0.914. The minimum atomic E-state index is -0.278. The van der Waals surface area contributed by atoms with E-state index in [2.05, 4.69) is 29.4 Å². The van der Waals surface area contributed by atoms with Gasteiger partial charge in [-0.1, -0.05) is 47.8 Å². The van der Waals surface area contributed by atoms with Crippen molar-refractivity contribution >= 4 is 21.7 Å².